The van der Waals surface area contributed by atoms with Gasteiger partial charge in [0.2, 0.25) is 5.91 Å². The topological polar surface area (TPSA) is 54.9 Å². The average Bonchev–Trinajstić information content (AvgIpc) is 2.85. The van der Waals surface area contributed by atoms with E-state index in [0.717, 1.165) is 21.7 Å². The maximum atomic E-state index is 12.4. The molecule has 24 heavy (non-hydrogen) atoms. The normalized spacial score (nSPS) is 24.2. The Hall–Kier alpha value is -1.14. The van der Waals surface area contributed by atoms with Crippen molar-refractivity contribution in [3.05, 3.63) is 16.8 Å². The minimum atomic E-state index is 0.113. The Morgan fingerprint density at radius 3 is 2.92 bits per heavy atom. The van der Waals surface area contributed by atoms with Crippen molar-refractivity contribution < 1.29 is 4.79 Å². The summed E-state index contributed by atoms with van der Waals surface area (Å²) >= 11 is 3.21. The number of carbonyl (C=O) groups excluding carboxylic acids is 1. The van der Waals surface area contributed by atoms with Crippen LogP contribution in [0.25, 0.3) is 10.2 Å². The number of fused-ring (bicyclic) bond motifs is 1. The second kappa shape index (κ2) is 7.40. The average molecular weight is 364 g/mol. The molecular formula is C18H25N3OS2. The van der Waals surface area contributed by atoms with Crippen LogP contribution in [-0.4, -0.2) is 27.7 Å². The fourth-order valence-electron chi connectivity index (χ4n) is 3.43. The predicted molar refractivity (Wildman–Crippen MR) is 102 cm³/mol. The molecule has 4 nitrogen and oxygen atoms in total. The summed E-state index contributed by atoms with van der Waals surface area (Å²) in [5, 5.41) is 5.26. The van der Waals surface area contributed by atoms with Crippen LogP contribution in [0.2, 0.25) is 0 Å². The van der Waals surface area contributed by atoms with Crippen LogP contribution in [0, 0.1) is 25.7 Å². The van der Waals surface area contributed by atoms with Crippen LogP contribution in [-0.2, 0) is 4.79 Å². The summed E-state index contributed by atoms with van der Waals surface area (Å²) in [5.41, 5.74) is 1.23. The molecule has 0 saturated heterocycles. The molecule has 1 amide bonds. The molecule has 0 aliphatic heterocycles. The number of aryl methyl sites for hydroxylation is 2. The number of nitrogens with one attached hydrogen (secondary N) is 1. The van der Waals surface area contributed by atoms with Crippen molar-refractivity contribution in [2.75, 3.05) is 5.75 Å². The first-order chi connectivity index (χ1) is 11.5. The van der Waals surface area contributed by atoms with E-state index >= 15 is 0 Å². The molecule has 1 fully saturated rings. The van der Waals surface area contributed by atoms with Crippen molar-refractivity contribution in [3.63, 3.8) is 0 Å². The third-order valence-electron chi connectivity index (χ3n) is 5.32. The van der Waals surface area contributed by atoms with Crippen molar-refractivity contribution in [1.82, 2.24) is 15.3 Å². The number of hydrogen-bond acceptors (Lipinski definition) is 5. The largest absolute Gasteiger partial charge is 0.352 e. The monoisotopic (exact) mass is 363 g/mol. The summed E-state index contributed by atoms with van der Waals surface area (Å²) in [5.74, 6) is 1.77. The summed E-state index contributed by atoms with van der Waals surface area (Å²) in [6.07, 6.45) is 5.19. The summed E-state index contributed by atoms with van der Waals surface area (Å²) in [4.78, 5) is 23.4. The van der Waals surface area contributed by atoms with Gasteiger partial charge >= 0.3 is 0 Å². The smallest absolute Gasteiger partial charge is 0.230 e. The molecular weight excluding hydrogens is 338 g/mol. The van der Waals surface area contributed by atoms with E-state index in [9.17, 15) is 4.79 Å². The zero-order valence-electron chi connectivity index (χ0n) is 14.8. The van der Waals surface area contributed by atoms with Crippen molar-refractivity contribution in [3.8, 4) is 0 Å². The van der Waals surface area contributed by atoms with E-state index in [0.29, 0.717) is 23.6 Å². The number of hydrogen-bond donors (Lipinski definition) is 1. The summed E-state index contributed by atoms with van der Waals surface area (Å²) < 4.78 is 0. The Morgan fingerprint density at radius 2 is 2.12 bits per heavy atom. The molecule has 0 spiro atoms. The first kappa shape index (κ1) is 17.7. The molecule has 0 bridgehead atoms. The predicted octanol–water partition coefficient (Wildman–Crippen LogP) is 4.34. The number of thiophene rings is 1. The van der Waals surface area contributed by atoms with Crippen LogP contribution in [0.15, 0.2) is 11.4 Å². The number of nitrogens with zero attached hydrogens (tertiary/aromatic N) is 2. The molecule has 1 saturated carbocycles. The molecule has 3 rings (SSSR count). The number of amides is 1. The molecule has 6 heteroatoms. The molecule has 0 aromatic carbocycles. The van der Waals surface area contributed by atoms with Gasteiger partial charge in [0.1, 0.15) is 16.2 Å². The van der Waals surface area contributed by atoms with Crippen molar-refractivity contribution in [2.45, 2.75) is 58.0 Å². The number of aromatic nitrogens is 2. The van der Waals surface area contributed by atoms with E-state index in [-0.39, 0.29) is 5.91 Å². The summed E-state index contributed by atoms with van der Waals surface area (Å²) in [6.45, 7) is 8.76. The van der Waals surface area contributed by atoms with E-state index in [1.54, 1.807) is 17.7 Å². The minimum Gasteiger partial charge on any atom is -0.352 e. The number of rotatable bonds is 4. The van der Waals surface area contributed by atoms with Crippen molar-refractivity contribution in [1.29, 1.82) is 0 Å². The van der Waals surface area contributed by atoms with Gasteiger partial charge in [-0.25, -0.2) is 9.97 Å². The minimum absolute atomic E-state index is 0.113. The first-order valence-corrected chi connectivity index (χ1v) is 10.4. The van der Waals surface area contributed by atoms with Gasteiger partial charge in [-0.2, -0.15) is 0 Å². The Balaban J connectivity index is 1.64. The molecule has 2 aromatic heterocycles. The van der Waals surface area contributed by atoms with Crippen LogP contribution in [0.4, 0.5) is 0 Å². The van der Waals surface area contributed by atoms with Gasteiger partial charge < -0.3 is 5.32 Å². The Bertz CT molecular complexity index is 743. The zero-order chi connectivity index (χ0) is 17.3. The second-order valence-corrected chi connectivity index (χ2v) is 9.04. The molecule has 0 unspecified atom stereocenters. The van der Waals surface area contributed by atoms with E-state index in [4.69, 9.17) is 0 Å². The molecule has 130 valence electrons. The van der Waals surface area contributed by atoms with Gasteiger partial charge in [0.05, 0.1) is 5.75 Å². The highest BCUT2D eigenvalue weighted by molar-refractivity contribution is 8.00. The lowest BCUT2D eigenvalue weighted by molar-refractivity contribution is -0.119. The molecule has 1 aliphatic carbocycles. The van der Waals surface area contributed by atoms with Gasteiger partial charge in [-0.15, -0.1) is 11.3 Å². The van der Waals surface area contributed by atoms with Crippen LogP contribution in [0.3, 0.4) is 0 Å². The van der Waals surface area contributed by atoms with Gasteiger partial charge in [0.25, 0.3) is 0 Å². The van der Waals surface area contributed by atoms with Crippen molar-refractivity contribution in [2.24, 2.45) is 11.8 Å². The standard InChI is InChI=1S/C18H25N3OS2/c1-10-6-5-7-14(11(10)2)21-15(22)8-23-17-16-12(3)13(4)24-18(16)20-9-19-17/h9-11,14H,5-8H2,1-4H3,(H,21,22)/t10-,11+,14-/m0/s1. The van der Waals surface area contributed by atoms with Gasteiger partial charge in [-0.1, -0.05) is 38.5 Å². The van der Waals surface area contributed by atoms with Crippen LogP contribution < -0.4 is 5.32 Å². The lowest BCUT2D eigenvalue weighted by Crippen LogP contribution is -2.44. The Kier molecular flexibility index (Phi) is 5.45. The molecule has 3 atom stereocenters. The third kappa shape index (κ3) is 3.59. The highest BCUT2D eigenvalue weighted by atomic mass is 32.2. The Morgan fingerprint density at radius 1 is 1.33 bits per heavy atom. The molecule has 1 aliphatic rings. The molecule has 1 N–H and O–H groups in total. The lowest BCUT2D eigenvalue weighted by atomic mass is 9.78. The van der Waals surface area contributed by atoms with Crippen LogP contribution in [0.5, 0.6) is 0 Å². The fourth-order valence-corrected chi connectivity index (χ4v) is 5.36. The third-order valence-corrected chi connectivity index (χ3v) is 7.43. The van der Waals surface area contributed by atoms with Crippen LogP contribution >= 0.6 is 23.1 Å². The summed E-state index contributed by atoms with van der Waals surface area (Å²) in [6, 6.07) is 0.317. The SMILES string of the molecule is Cc1sc2ncnc(SCC(=O)N[C@H]3CCC[C@H](C)[C@H]3C)c2c1C. The maximum Gasteiger partial charge on any atom is 0.230 e. The first-order valence-electron chi connectivity index (χ1n) is 8.60. The van der Waals surface area contributed by atoms with Gasteiger partial charge in [0.15, 0.2) is 0 Å². The number of thioether (sulfide) groups is 1. The van der Waals surface area contributed by atoms with Crippen molar-refractivity contribution >= 4 is 39.2 Å². The highest BCUT2D eigenvalue weighted by Gasteiger charge is 2.28. The van der Waals surface area contributed by atoms with Crippen LogP contribution in [0.1, 0.15) is 43.6 Å². The van der Waals surface area contributed by atoms with Gasteiger partial charge in [-0.3, -0.25) is 4.79 Å². The molecule has 2 heterocycles. The van der Waals surface area contributed by atoms with Gasteiger partial charge in [0, 0.05) is 16.3 Å². The number of carbonyl (C=O) groups is 1. The fraction of sp³-hybridized carbons (Fsp3) is 0.611. The van der Waals surface area contributed by atoms with E-state index in [1.807, 2.05) is 0 Å². The Labute approximate surface area is 151 Å². The van der Waals surface area contributed by atoms with E-state index in [2.05, 4.69) is 43.0 Å². The van der Waals surface area contributed by atoms with Gasteiger partial charge in [-0.05, 0) is 37.7 Å². The van der Waals surface area contributed by atoms with E-state index < -0.39 is 0 Å². The lowest BCUT2D eigenvalue weighted by Gasteiger charge is -2.34. The summed E-state index contributed by atoms with van der Waals surface area (Å²) in [7, 11) is 0. The quantitative estimate of drug-likeness (QED) is 0.648. The maximum absolute atomic E-state index is 12.4. The molecule has 2 aromatic rings. The highest BCUT2D eigenvalue weighted by Crippen LogP contribution is 2.34. The van der Waals surface area contributed by atoms with E-state index in [1.165, 1.54) is 35.0 Å². The molecule has 0 radical (unpaired) electrons. The second-order valence-electron chi connectivity index (χ2n) is 6.87. The zero-order valence-corrected chi connectivity index (χ0v) is 16.4.